The fourth-order valence-electron chi connectivity index (χ4n) is 11.6. The van der Waals surface area contributed by atoms with Gasteiger partial charge < -0.3 is 8.98 Å². The van der Waals surface area contributed by atoms with E-state index in [0.717, 1.165) is 61.0 Å². The Morgan fingerprint density at radius 1 is 0.296 bits per heavy atom. The molecule has 0 saturated carbocycles. The van der Waals surface area contributed by atoms with Crippen molar-refractivity contribution in [1.82, 2.24) is 4.57 Å². The van der Waals surface area contributed by atoms with E-state index in [1.165, 1.54) is 77.4 Å². The SMILES string of the molecule is CC1(C)c2ccccc2-c2ccc(-c3cccc4c3oc3ccc(-c5cc(-c6cccc(-c7ccccc7)c6)cc(-c6ccc7c(c6)c6cc(-c8ccccc8)ccc6n7-c6ccccc6)c5)cc34)cc21. The largest absolute Gasteiger partial charge is 0.455 e. The maximum absolute atomic E-state index is 6.85. The summed E-state index contributed by atoms with van der Waals surface area (Å²) in [5.74, 6) is 0. The van der Waals surface area contributed by atoms with E-state index in [0.29, 0.717) is 0 Å². The van der Waals surface area contributed by atoms with Gasteiger partial charge in [0.05, 0.1) is 11.0 Å². The van der Waals surface area contributed by atoms with Crippen molar-refractivity contribution in [3.8, 4) is 83.6 Å². The molecule has 0 aliphatic heterocycles. The molecule has 2 aromatic heterocycles. The monoisotopic (exact) mass is 905 g/mol. The quantitative estimate of drug-likeness (QED) is 0.156. The van der Waals surface area contributed by atoms with Crippen LogP contribution in [0.2, 0.25) is 0 Å². The fraction of sp³-hybridized carbons (Fsp3) is 0.0435. The van der Waals surface area contributed by atoms with Gasteiger partial charge in [-0.2, -0.15) is 0 Å². The van der Waals surface area contributed by atoms with Crippen LogP contribution in [0.5, 0.6) is 0 Å². The molecule has 0 N–H and O–H groups in total. The number of furan rings is 1. The number of para-hydroxylation sites is 2. The lowest BCUT2D eigenvalue weighted by atomic mass is 9.81. The van der Waals surface area contributed by atoms with Crippen molar-refractivity contribution in [3.63, 3.8) is 0 Å². The zero-order valence-corrected chi connectivity index (χ0v) is 39.5. The molecule has 2 nitrogen and oxygen atoms in total. The second-order valence-electron chi connectivity index (χ2n) is 19.7. The molecule has 0 saturated heterocycles. The Bertz CT molecular complexity index is 4230. The Morgan fingerprint density at radius 3 is 1.42 bits per heavy atom. The summed E-state index contributed by atoms with van der Waals surface area (Å²) < 4.78 is 9.25. The Kier molecular flexibility index (Phi) is 9.28. The standard InChI is InChI=1S/C69H47NO/c1-69(2)63-27-13-12-24-57(63)58-32-28-51(43-64(58)69)56-25-15-26-59-62-42-50(31-35-67(62)71-68(56)59)54-38-52(47-21-14-20-46(36-47)44-16-6-3-7-17-44)37-53(39-54)49-30-34-66-61(41-49)60-40-48(45-18-8-4-9-19-45)29-33-65(60)70(66)55-22-10-5-11-23-55/h3-43H,1-2H3. The molecule has 0 atom stereocenters. The summed E-state index contributed by atoms with van der Waals surface area (Å²) in [6, 6.07) is 91.2. The predicted octanol–water partition coefficient (Wildman–Crippen LogP) is 19.0. The van der Waals surface area contributed by atoms with E-state index in [1.54, 1.807) is 0 Å². The van der Waals surface area contributed by atoms with Crippen LogP contribution in [0.1, 0.15) is 25.0 Å². The topological polar surface area (TPSA) is 18.1 Å². The molecule has 13 aromatic rings. The van der Waals surface area contributed by atoms with Crippen LogP contribution in [0.4, 0.5) is 0 Å². The molecular weight excluding hydrogens is 859 g/mol. The average molecular weight is 906 g/mol. The number of hydrogen-bond donors (Lipinski definition) is 0. The second kappa shape index (κ2) is 16.1. The van der Waals surface area contributed by atoms with E-state index in [9.17, 15) is 0 Å². The van der Waals surface area contributed by atoms with Gasteiger partial charge in [-0.05, 0) is 162 Å². The molecule has 2 heteroatoms. The normalized spacial score (nSPS) is 12.8. The Balaban J connectivity index is 0.934. The van der Waals surface area contributed by atoms with Gasteiger partial charge in [0.25, 0.3) is 0 Å². The Labute approximate surface area is 413 Å². The van der Waals surface area contributed by atoms with Crippen molar-refractivity contribution in [1.29, 1.82) is 0 Å². The van der Waals surface area contributed by atoms with Crippen molar-refractivity contribution in [2.45, 2.75) is 19.3 Å². The van der Waals surface area contributed by atoms with E-state index in [1.807, 2.05) is 0 Å². The van der Waals surface area contributed by atoms with E-state index in [-0.39, 0.29) is 5.41 Å². The molecule has 14 rings (SSSR count). The third kappa shape index (κ3) is 6.71. The number of nitrogens with zero attached hydrogens (tertiary/aromatic N) is 1. The number of rotatable bonds is 7. The van der Waals surface area contributed by atoms with Gasteiger partial charge in [-0.3, -0.25) is 0 Å². The van der Waals surface area contributed by atoms with Crippen molar-refractivity contribution >= 4 is 43.7 Å². The second-order valence-corrected chi connectivity index (χ2v) is 19.7. The summed E-state index contributed by atoms with van der Waals surface area (Å²) in [5.41, 5.74) is 24.6. The third-order valence-electron chi connectivity index (χ3n) is 15.2. The van der Waals surface area contributed by atoms with Crippen molar-refractivity contribution in [2.75, 3.05) is 0 Å². The molecule has 71 heavy (non-hydrogen) atoms. The first kappa shape index (κ1) is 41.0. The number of hydrogen-bond acceptors (Lipinski definition) is 1. The zero-order chi connectivity index (χ0) is 47.2. The molecule has 0 amide bonds. The fourth-order valence-corrected chi connectivity index (χ4v) is 11.6. The van der Waals surface area contributed by atoms with Gasteiger partial charge in [0.15, 0.2) is 0 Å². The lowest BCUT2D eigenvalue weighted by Gasteiger charge is -2.22. The molecule has 0 spiro atoms. The molecule has 2 heterocycles. The zero-order valence-electron chi connectivity index (χ0n) is 39.5. The van der Waals surface area contributed by atoms with Crippen LogP contribution >= 0.6 is 0 Å². The summed E-state index contributed by atoms with van der Waals surface area (Å²) >= 11 is 0. The highest BCUT2D eigenvalue weighted by Gasteiger charge is 2.35. The minimum atomic E-state index is -0.0897. The summed E-state index contributed by atoms with van der Waals surface area (Å²) in [5, 5.41) is 4.67. The smallest absolute Gasteiger partial charge is 0.143 e. The molecular formula is C69H47NO. The first-order valence-electron chi connectivity index (χ1n) is 24.6. The summed E-state index contributed by atoms with van der Waals surface area (Å²) in [6.45, 7) is 4.69. The Hall–Kier alpha value is -8.98. The number of benzene rings is 11. The first-order chi connectivity index (χ1) is 34.9. The van der Waals surface area contributed by atoms with Crippen LogP contribution in [0.15, 0.2) is 253 Å². The highest BCUT2D eigenvalue weighted by Crippen LogP contribution is 2.50. The summed E-state index contributed by atoms with van der Waals surface area (Å²) in [6.07, 6.45) is 0. The van der Waals surface area contributed by atoms with Gasteiger partial charge in [-0.1, -0.05) is 184 Å². The molecule has 0 unspecified atom stereocenters. The van der Waals surface area contributed by atoms with Gasteiger partial charge in [-0.15, -0.1) is 0 Å². The van der Waals surface area contributed by atoms with E-state index in [2.05, 4.69) is 267 Å². The minimum absolute atomic E-state index is 0.0897. The highest BCUT2D eigenvalue weighted by molar-refractivity contribution is 6.13. The van der Waals surface area contributed by atoms with Gasteiger partial charge in [-0.25, -0.2) is 0 Å². The third-order valence-corrected chi connectivity index (χ3v) is 15.2. The lowest BCUT2D eigenvalue weighted by Crippen LogP contribution is -2.14. The first-order valence-corrected chi connectivity index (χ1v) is 24.6. The molecule has 334 valence electrons. The summed E-state index contributed by atoms with van der Waals surface area (Å²) in [4.78, 5) is 0. The molecule has 0 bridgehead atoms. The van der Waals surface area contributed by atoms with Crippen LogP contribution in [-0.4, -0.2) is 4.57 Å². The van der Waals surface area contributed by atoms with Crippen molar-refractivity contribution in [2.24, 2.45) is 0 Å². The highest BCUT2D eigenvalue weighted by atomic mass is 16.3. The van der Waals surface area contributed by atoms with E-state index < -0.39 is 0 Å². The van der Waals surface area contributed by atoms with E-state index in [4.69, 9.17) is 4.42 Å². The maximum Gasteiger partial charge on any atom is 0.143 e. The number of fused-ring (bicyclic) bond motifs is 9. The average Bonchev–Trinajstić information content (AvgIpc) is 4.06. The van der Waals surface area contributed by atoms with Crippen molar-refractivity contribution < 1.29 is 4.42 Å². The van der Waals surface area contributed by atoms with Gasteiger partial charge >= 0.3 is 0 Å². The van der Waals surface area contributed by atoms with Crippen LogP contribution in [0, 0.1) is 0 Å². The van der Waals surface area contributed by atoms with Crippen LogP contribution in [-0.2, 0) is 5.41 Å². The van der Waals surface area contributed by atoms with Gasteiger partial charge in [0.1, 0.15) is 11.2 Å². The van der Waals surface area contributed by atoms with Gasteiger partial charge in [0.2, 0.25) is 0 Å². The summed E-state index contributed by atoms with van der Waals surface area (Å²) in [7, 11) is 0. The molecule has 1 aliphatic carbocycles. The van der Waals surface area contributed by atoms with Crippen LogP contribution < -0.4 is 0 Å². The predicted molar refractivity (Wildman–Crippen MR) is 298 cm³/mol. The van der Waals surface area contributed by atoms with Gasteiger partial charge in [0, 0.05) is 38.2 Å². The van der Waals surface area contributed by atoms with Crippen molar-refractivity contribution in [3.05, 3.63) is 260 Å². The lowest BCUT2D eigenvalue weighted by molar-refractivity contribution is 0.660. The minimum Gasteiger partial charge on any atom is -0.455 e. The maximum atomic E-state index is 6.85. The van der Waals surface area contributed by atoms with E-state index >= 15 is 0 Å². The van der Waals surface area contributed by atoms with Crippen LogP contribution in [0.25, 0.3) is 127 Å². The number of aromatic nitrogens is 1. The Morgan fingerprint density at radius 2 is 0.761 bits per heavy atom. The molecule has 11 aromatic carbocycles. The van der Waals surface area contributed by atoms with Crippen LogP contribution in [0.3, 0.4) is 0 Å². The molecule has 1 aliphatic rings. The molecule has 0 radical (unpaired) electrons. The molecule has 0 fully saturated rings.